The zero-order valence-corrected chi connectivity index (χ0v) is 20.8. The molecule has 2 aliphatic rings. The molecule has 3 heterocycles. The van der Waals surface area contributed by atoms with Crippen molar-refractivity contribution >= 4 is 0 Å². The number of halogens is 1. The van der Waals surface area contributed by atoms with E-state index in [0.717, 1.165) is 50.6 Å². The van der Waals surface area contributed by atoms with E-state index in [1.807, 2.05) is 24.5 Å². The number of hydrogen-bond donors (Lipinski definition) is 0. The van der Waals surface area contributed by atoms with Gasteiger partial charge >= 0.3 is 0 Å². The Labute approximate surface area is 209 Å². The summed E-state index contributed by atoms with van der Waals surface area (Å²) >= 11 is 0. The summed E-state index contributed by atoms with van der Waals surface area (Å²) in [7, 11) is 2.26. The SMILES string of the molecule is CN1CCCC1CCn1cc(-c2ccc(F)cc2)c(-c2ccncc2)c1CCCC1=CCCC=C1. The number of pyridine rings is 1. The highest BCUT2D eigenvalue weighted by molar-refractivity contribution is 5.85. The van der Waals surface area contributed by atoms with Crippen LogP contribution in [0.15, 0.2) is 78.8 Å². The predicted octanol–water partition coefficient (Wildman–Crippen LogP) is 7.44. The molecule has 1 atom stereocenters. The Bertz CT molecular complexity index is 1170. The van der Waals surface area contributed by atoms with Crippen LogP contribution in [-0.4, -0.2) is 34.1 Å². The van der Waals surface area contributed by atoms with Crippen molar-refractivity contribution in [2.24, 2.45) is 0 Å². The fourth-order valence-corrected chi connectivity index (χ4v) is 5.70. The highest BCUT2D eigenvalue weighted by atomic mass is 19.1. The highest BCUT2D eigenvalue weighted by Crippen LogP contribution is 2.38. The van der Waals surface area contributed by atoms with Gasteiger partial charge in [-0.2, -0.15) is 0 Å². The van der Waals surface area contributed by atoms with E-state index in [2.05, 4.69) is 58.1 Å². The fraction of sp³-hybridized carbons (Fsp3) is 0.387. The van der Waals surface area contributed by atoms with Gasteiger partial charge in [-0.05, 0) is 100 Å². The van der Waals surface area contributed by atoms with Crippen molar-refractivity contribution < 1.29 is 4.39 Å². The summed E-state index contributed by atoms with van der Waals surface area (Å²) in [5.41, 5.74) is 7.55. The molecule has 3 nitrogen and oxygen atoms in total. The van der Waals surface area contributed by atoms with Crippen molar-refractivity contribution in [3.05, 3.63) is 90.3 Å². The van der Waals surface area contributed by atoms with E-state index in [0.29, 0.717) is 6.04 Å². The summed E-state index contributed by atoms with van der Waals surface area (Å²) in [6.07, 6.45) is 22.3. The second-order valence-corrected chi connectivity index (χ2v) is 9.98. The van der Waals surface area contributed by atoms with Crippen LogP contribution in [0.2, 0.25) is 0 Å². The van der Waals surface area contributed by atoms with Crippen LogP contribution in [0.4, 0.5) is 4.39 Å². The van der Waals surface area contributed by atoms with Crippen molar-refractivity contribution in [3.8, 4) is 22.3 Å². The minimum Gasteiger partial charge on any atom is -0.350 e. The van der Waals surface area contributed by atoms with Gasteiger partial charge in [0.25, 0.3) is 0 Å². The lowest BCUT2D eigenvalue weighted by molar-refractivity contribution is 0.285. The molecule has 3 aromatic rings. The first-order chi connectivity index (χ1) is 17.2. The van der Waals surface area contributed by atoms with E-state index in [-0.39, 0.29) is 5.82 Å². The molecular weight excluding hydrogens is 433 g/mol. The lowest BCUT2D eigenvalue weighted by Gasteiger charge is -2.20. The smallest absolute Gasteiger partial charge is 0.123 e. The van der Waals surface area contributed by atoms with Crippen molar-refractivity contribution in [2.75, 3.05) is 13.6 Å². The first-order valence-corrected chi connectivity index (χ1v) is 13.1. The van der Waals surface area contributed by atoms with Crippen LogP contribution < -0.4 is 0 Å². The topological polar surface area (TPSA) is 21.1 Å². The summed E-state index contributed by atoms with van der Waals surface area (Å²) in [5.74, 6) is -0.197. The molecule has 0 N–H and O–H groups in total. The van der Waals surface area contributed by atoms with Gasteiger partial charge in [0.1, 0.15) is 5.82 Å². The molecule has 4 heteroatoms. The third-order valence-electron chi connectivity index (χ3n) is 7.64. The maximum absolute atomic E-state index is 13.8. The van der Waals surface area contributed by atoms with E-state index >= 15 is 0 Å². The molecule has 1 aromatic carbocycles. The maximum atomic E-state index is 13.8. The molecule has 182 valence electrons. The standard InChI is InChI=1S/C31H36FN3/c1-34-21-6-10-28(34)18-22-35-23-29(25-12-14-27(32)15-13-25)31(26-16-19-33-20-17-26)30(35)11-5-9-24-7-3-2-4-8-24/h3,7-8,12-17,19-20,23,28H,2,4-6,9-11,18,21-22H2,1H3. The summed E-state index contributed by atoms with van der Waals surface area (Å²) in [6.45, 7) is 2.21. The summed E-state index contributed by atoms with van der Waals surface area (Å²) < 4.78 is 16.2. The molecule has 0 bridgehead atoms. The first-order valence-electron chi connectivity index (χ1n) is 13.1. The van der Waals surface area contributed by atoms with Gasteiger partial charge in [-0.15, -0.1) is 0 Å². The second-order valence-electron chi connectivity index (χ2n) is 9.98. The van der Waals surface area contributed by atoms with Crippen LogP contribution in [0.1, 0.15) is 50.6 Å². The molecule has 1 fully saturated rings. The zero-order chi connectivity index (χ0) is 24.0. The highest BCUT2D eigenvalue weighted by Gasteiger charge is 2.23. The van der Waals surface area contributed by atoms with E-state index < -0.39 is 0 Å². The third kappa shape index (κ3) is 5.65. The van der Waals surface area contributed by atoms with Crippen LogP contribution in [0.5, 0.6) is 0 Å². The van der Waals surface area contributed by atoms with Gasteiger partial charge in [0.15, 0.2) is 0 Å². The molecule has 1 saturated heterocycles. The van der Waals surface area contributed by atoms with Crippen LogP contribution in [0.3, 0.4) is 0 Å². The Morgan fingerprint density at radius 2 is 1.83 bits per heavy atom. The third-order valence-corrected chi connectivity index (χ3v) is 7.64. The number of aromatic nitrogens is 2. The van der Waals surface area contributed by atoms with Crippen molar-refractivity contribution in [2.45, 2.75) is 64.0 Å². The summed E-state index contributed by atoms with van der Waals surface area (Å²) in [5, 5.41) is 0. The molecule has 2 aromatic heterocycles. The molecule has 0 saturated carbocycles. The quantitative estimate of drug-likeness (QED) is 0.325. The van der Waals surface area contributed by atoms with E-state index in [1.54, 1.807) is 12.1 Å². The Hall–Kier alpha value is -2.98. The Kier molecular flexibility index (Phi) is 7.58. The molecular formula is C31H36FN3. The molecule has 35 heavy (non-hydrogen) atoms. The molecule has 1 aliphatic carbocycles. The van der Waals surface area contributed by atoms with Gasteiger partial charge in [0, 0.05) is 48.0 Å². The van der Waals surface area contributed by atoms with Crippen molar-refractivity contribution in [1.29, 1.82) is 0 Å². The second kappa shape index (κ2) is 11.2. The average Bonchev–Trinajstić information content (AvgIpc) is 3.47. The molecule has 0 amide bonds. The van der Waals surface area contributed by atoms with Gasteiger partial charge in [0.05, 0.1) is 0 Å². The predicted molar refractivity (Wildman–Crippen MR) is 143 cm³/mol. The van der Waals surface area contributed by atoms with Gasteiger partial charge in [-0.1, -0.05) is 35.9 Å². The Morgan fingerprint density at radius 3 is 2.54 bits per heavy atom. The van der Waals surface area contributed by atoms with Gasteiger partial charge < -0.3 is 9.47 Å². The Morgan fingerprint density at radius 1 is 1.00 bits per heavy atom. The van der Waals surface area contributed by atoms with Crippen molar-refractivity contribution in [1.82, 2.24) is 14.5 Å². The number of aryl methyl sites for hydroxylation is 1. The maximum Gasteiger partial charge on any atom is 0.123 e. The summed E-state index contributed by atoms with van der Waals surface area (Å²) in [6, 6.07) is 11.8. The summed E-state index contributed by atoms with van der Waals surface area (Å²) in [4.78, 5) is 6.77. The lowest BCUT2D eigenvalue weighted by Crippen LogP contribution is -2.26. The zero-order valence-electron chi connectivity index (χ0n) is 20.8. The number of allylic oxidation sites excluding steroid dienone is 4. The largest absolute Gasteiger partial charge is 0.350 e. The van der Waals surface area contributed by atoms with Gasteiger partial charge in [0.2, 0.25) is 0 Å². The number of benzene rings is 1. The fourth-order valence-electron chi connectivity index (χ4n) is 5.70. The van der Waals surface area contributed by atoms with E-state index in [9.17, 15) is 4.39 Å². The van der Waals surface area contributed by atoms with Crippen LogP contribution in [0.25, 0.3) is 22.3 Å². The monoisotopic (exact) mass is 469 g/mol. The van der Waals surface area contributed by atoms with E-state index in [1.165, 1.54) is 47.3 Å². The number of likely N-dealkylation sites (tertiary alicyclic amines) is 1. The molecule has 5 rings (SSSR count). The van der Waals surface area contributed by atoms with Gasteiger partial charge in [-0.25, -0.2) is 4.39 Å². The first kappa shape index (κ1) is 23.7. The minimum absolute atomic E-state index is 0.197. The number of nitrogens with zero attached hydrogens (tertiary/aromatic N) is 3. The number of hydrogen-bond acceptors (Lipinski definition) is 2. The van der Waals surface area contributed by atoms with Crippen LogP contribution in [0, 0.1) is 5.82 Å². The molecule has 0 spiro atoms. The number of rotatable bonds is 9. The van der Waals surface area contributed by atoms with Crippen molar-refractivity contribution in [3.63, 3.8) is 0 Å². The average molecular weight is 470 g/mol. The van der Waals surface area contributed by atoms with Crippen LogP contribution >= 0.6 is 0 Å². The molecule has 0 radical (unpaired) electrons. The van der Waals surface area contributed by atoms with E-state index in [4.69, 9.17) is 0 Å². The minimum atomic E-state index is -0.197. The van der Waals surface area contributed by atoms with Crippen LogP contribution in [-0.2, 0) is 13.0 Å². The van der Waals surface area contributed by atoms with Gasteiger partial charge in [-0.3, -0.25) is 4.98 Å². The lowest BCUT2D eigenvalue weighted by atomic mass is 9.94. The Balaban J connectivity index is 1.50. The molecule has 1 unspecified atom stereocenters. The molecule has 1 aliphatic heterocycles. The normalized spacial score (nSPS) is 18.2.